The van der Waals surface area contributed by atoms with Gasteiger partial charge in [-0.1, -0.05) is 25.1 Å². The summed E-state index contributed by atoms with van der Waals surface area (Å²) in [5.74, 6) is -0.0203. The second-order valence-corrected chi connectivity index (χ2v) is 7.62. The first-order valence-electron chi connectivity index (χ1n) is 9.75. The van der Waals surface area contributed by atoms with Gasteiger partial charge in [0.05, 0.1) is 18.3 Å². The smallest absolute Gasteiger partial charge is 0.254 e. The van der Waals surface area contributed by atoms with Gasteiger partial charge in [0.15, 0.2) is 0 Å². The fraction of sp³-hybridized carbons (Fsp3) is 0.333. The van der Waals surface area contributed by atoms with Gasteiger partial charge in [-0.25, -0.2) is 0 Å². The molecular formula is C21H23N5O2S. The molecule has 8 heteroatoms. The Kier molecular flexibility index (Phi) is 5.82. The number of carbonyl (C=O) groups excluding carboxylic acids is 2. The Hall–Kier alpha value is -2.84. The molecule has 0 aliphatic carbocycles. The summed E-state index contributed by atoms with van der Waals surface area (Å²) in [5.41, 5.74) is 4.20. The summed E-state index contributed by atoms with van der Waals surface area (Å²) in [6.45, 7) is 4.96. The summed E-state index contributed by atoms with van der Waals surface area (Å²) in [6, 6.07) is 13.3. The summed E-state index contributed by atoms with van der Waals surface area (Å²) < 4.78 is 8.38. The Bertz CT molecular complexity index is 1030. The lowest BCUT2D eigenvalue weighted by molar-refractivity contribution is -0.117. The maximum absolute atomic E-state index is 12.8. The van der Waals surface area contributed by atoms with Crippen LogP contribution in [0.25, 0.3) is 11.0 Å². The Labute approximate surface area is 173 Å². The monoisotopic (exact) mass is 409 g/mol. The summed E-state index contributed by atoms with van der Waals surface area (Å²) in [5, 5.41) is 3.01. The molecule has 0 spiro atoms. The summed E-state index contributed by atoms with van der Waals surface area (Å²) >= 11 is 1.15. The van der Waals surface area contributed by atoms with Crippen LogP contribution in [0.1, 0.15) is 22.8 Å². The van der Waals surface area contributed by atoms with Crippen molar-refractivity contribution in [2.45, 2.75) is 13.3 Å². The molecule has 1 aliphatic heterocycles. The maximum atomic E-state index is 12.8. The number of nitrogens with one attached hydrogen (secondary N) is 1. The number of anilines is 1. The van der Waals surface area contributed by atoms with E-state index in [1.807, 2.05) is 35.2 Å². The van der Waals surface area contributed by atoms with Crippen molar-refractivity contribution in [3.05, 3.63) is 53.6 Å². The van der Waals surface area contributed by atoms with E-state index in [1.165, 1.54) is 0 Å². The molecule has 4 rings (SSSR count). The molecule has 0 saturated carbocycles. The Balaban J connectivity index is 1.30. The fourth-order valence-corrected chi connectivity index (χ4v) is 4.07. The Morgan fingerprint density at radius 3 is 2.59 bits per heavy atom. The van der Waals surface area contributed by atoms with Crippen molar-refractivity contribution in [1.29, 1.82) is 0 Å². The van der Waals surface area contributed by atoms with E-state index in [0.717, 1.165) is 40.4 Å². The zero-order valence-corrected chi connectivity index (χ0v) is 17.1. The highest BCUT2D eigenvalue weighted by Crippen LogP contribution is 2.17. The molecule has 2 amide bonds. The minimum absolute atomic E-state index is 0.000810. The molecule has 3 aromatic rings. The van der Waals surface area contributed by atoms with Crippen molar-refractivity contribution in [3.63, 3.8) is 0 Å². The number of nitrogens with zero attached hydrogens (tertiary/aromatic N) is 4. The van der Waals surface area contributed by atoms with Gasteiger partial charge in [-0.05, 0) is 36.2 Å². The van der Waals surface area contributed by atoms with Crippen molar-refractivity contribution in [2.24, 2.45) is 0 Å². The Morgan fingerprint density at radius 1 is 1.03 bits per heavy atom. The van der Waals surface area contributed by atoms with E-state index in [4.69, 9.17) is 0 Å². The van der Waals surface area contributed by atoms with E-state index < -0.39 is 0 Å². The molecule has 0 radical (unpaired) electrons. The van der Waals surface area contributed by atoms with Crippen molar-refractivity contribution in [2.75, 3.05) is 38.0 Å². The van der Waals surface area contributed by atoms with Gasteiger partial charge in [0.25, 0.3) is 5.91 Å². The number of carbonyl (C=O) groups is 2. The molecule has 7 nitrogen and oxygen atoms in total. The van der Waals surface area contributed by atoms with Crippen LogP contribution in [0, 0.1) is 0 Å². The summed E-state index contributed by atoms with van der Waals surface area (Å²) in [7, 11) is 0. The first kappa shape index (κ1) is 19.5. The van der Waals surface area contributed by atoms with Crippen molar-refractivity contribution in [1.82, 2.24) is 18.5 Å². The van der Waals surface area contributed by atoms with Crippen LogP contribution in [0.2, 0.25) is 0 Å². The lowest BCUT2D eigenvalue weighted by atomic mass is 10.1. The number of benzene rings is 2. The van der Waals surface area contributed by atoms with Gasteiger partial charge in [0.2, 0.25) is 5.91 Å². The average molecular weight is 410 g/mol. The molecule has 2 heterocycles. The molecule has 0 bridgehead atoms. The molecule has 1 aromatic heterocycles. The molecule has 1 saturated heterocycles. The number of rotatable bonds is 5. The van der Waals surface area contributed by atoms with Gasteiger partial charge in [-0.3, -0.25) is 14.5 Å². The highest BCUT2D eigenvalue weighted by molar-refractivity contribution is 7.00. The predicted molar refractivity (Wildman–Crippen MR) is 114 cm³/mol. The van der Waals surface area contributed by atoms with E-state index in [9.17, 15) is 9.59 Å². The van der Waals surface area contributed by atoms with Gasteiger partial charge in [0, 0.05) is 37.4 Å². The van der Waals surface area contributed by atoms with Crippen LogP contribution in [0.4, 0.5) is 5.69 Å². The lowest BCUT2D eigenvalue weighted by Gasteiger charge is -2.34. The lowest BCUT2D eigenvalue weighted by Crippen LogP contribution is -2.50. The molecule has 150 valence electrons. The van der Waals surface area contributed by atoms with Crippen LogP contribution < -0.4 is 5.32 Å². The van der Waals surface area contributed by atoms with Gasteiger partial charge in [-0.2, -0.15) is 8.75 Å². The minimum Gasteiger partial charge on any atom is -0.336 e. The first-order chi connectivity index (χ1) is 14.1. The van der Waals surface area contributed by atoms with Crippen LogP contribution in [0.5, 0.6) is 0 Å². The maximum Gasteiger partial charge on any atom is 0.254 e. The minimum atomic E-state index is -0.0211. The van der Waals surface area contributed by atoms with Crippen LogP contribution in [-0.2, 0) is 11.2 Å². The number of aryl methyl sites for hydroxylation is 1. The third-order valence-corrected chi connectivity index (χ3v) is 5.76. The van der Waals surface area contributed by atoms with Crippen molar-refractivity contribution >= 4 is 40.3 Å². The number of aromatic nitrogens is 2. The van der Waals surface area contributed by atoms with E-state index in [0.29, 0.717) is 38.3 Å². The number of para-hydroxylation sites is 1. The highest BCUT2D eigenvalue weighted by atomic mass is 32.1. The molecule has 29 heavy (non-hydrogen) atoms. The normalized spacial score (nSPS) is 14.9. The van der Waals surface area contributed by atoms with Crippen LogP contribution in [0.3, 0.4) is 0 Å². The largest absolute Gasteiger partial charge is 0.336 e. The molecule has 1 N–H and O–H groups in total. The zero-order valence-electron chi connectivity index (χ0n) is 16.3. The predicted octanol–water partition coefficient (Wildman–Crippen LogP) is 2.65. The highest BCUT2D eigenvalue weighted by Gasteiger charge is 2.23. The topological polar surface area (TPSA) is 78.4 Å². The summed E-state index contributed by atoms with van der Waals surface area (Å²) in [4.78, 5) is 29.1. The molecule has 1 fully saturated rings. The average Bonchev–Trinajstić information content (AvgIpc) is 3.22. The third-order valence-electron chi connectivity index (χ3n) is 5.20. The molecule has 0 atom stereocenters. The zero-order chi connectivity index (χ0) is 20.2. The number of amides is 2. The Morgan fingerprint density at radius 2 is 1.79 bits per heavy atom. The van der Waals surface area contributed by atoms with E-state index >= 15 is 0 Å². The molecule has 1 aliphatic rings. The third kappa shape index (κ3) is 4.44. The number of hydrogen-bond donors (Lipinski definition) is 1. The fourth-order valence-electron chi connectivity index (χ4n) is 3.55. The second kappa shape index (κ2) is 8.67. The van der Waals surface area contributed by atoms with Gasteiger partial charge < -0.3 is 10.2 Å². The molecule has 0 unspecified atom stereocenters. The van der Waals surface area contributed by atoms with Crippen LogP contribution in [0.15, 0.2) is 42.5 Å². The van der Waals surface area contributed by atoms with Crippen LogP contribution >= 0.6 is 11.7 Å². The van der Waals surface area contributed by atoms with E-state index in [2.05, 4.69) is 25.9 Å². The standard InChI is InChI=1S/C21H23N5O2S/c1-2-15-5-3-4-6-17(15)22-20(27)14-25-9-11-26(12-10-25)21(28)16-7-8-18-19(13-16)24-29-23-18/h3-8,13H,2,9-12,14H2,1H3,(H,22,27). The van der Waals surface area contributed by atoms with E-state index in [-0.39, 0.29) is 11.8 Å². The second-order valence-electron chi connectivity index (χ2n) is 7.09. The van der Waals surface area contributed by atoms with Gasteiger partial charge in [0.1, 0.15) is 11.0 Å². The quantitative estimate of drug-likeness (QED) is 0.701. The first-order valence-corrected chi connectivity index (χ1v) is 10.5. The SMILES string of the molecule is CCc1ccccc1NC(=O)CN1CCN(C(=O)c2ccc3nsnc3c2)CC1. The van der Waals surface area contributed by atoms with Gasteiger partial charge in [-0.15, -0.1) is 0 Å². The van der Waals surface area contributed by atoms with Crippen molar-refractivity contribution < 1.29 is 9.59 Å². The van der Waals surface area contributed by atoms with E-state index in [1.54, 1.807) is 12.1 Å². The van der Waals surface area contributed by atoms with Crippen molar-refractivity contribution in [3.8, 4) is 0 Å². The molecule has 2 aromatic carbocycles. The molecular weight excluding hydrogens is 386 g/mol. The summed E-state index contributed by atoms with van der Waals surface area (Å²) in [6.07, 6.45) is 0.875. The van der Waals surface area contributed by atoms with Gasteiger partial charge >= 0.3 is 0 Å². The number of piperazine rings is 1. The number of hydrogen-bond acceptors (Lipinski definition) is 6. The van der Waals surface area contributed by atoms with Crippen LogP contribution in [-0.4, -0.2) is 63.1 Å². The number of fused-ring (bicyclic) bond motifs is 1.